The zero-order valence-electron chi connectivity index (χ0n) is 10.5. The third kappa shape index (κ3) is 4.19. The van der Waals surface area contributed by atoms with Crippen LogP contribution >= 0.6 is 27.3 Å². The fourth-order valence-corrected chi connectivity index (χ4v) is 3.41. The van der Waals surface area contributed by atoms with E-state index in [4.69, 9.17) is 0 Å². The van der Waals surface area contributed by atoms with Crippen molar-refractivity contribution in [3.8, 4) is 0 Å². The average molecular weight is 304 g/mol. The fraction of sp³-hybridized carbons (Fsp3) is 0.692. The smallest absolute Gasteiger partial charge is 0.0731 e. The summed E-state index contributed by atoms with van der Waals surface area (Å²) >= 11 is 5.49. The van der Waals surface area contributed by atoms with Crippen LogP contribution in [-0.4, -0.2) is 6.54 Å². The molecule has 16 heavy (non-hydrogen) atoms. The number of halogens is 1. The van der Waals surface area contributed by atoms with Gasteiger partial charge in [0.25, 0.3) is 0 Å². The molecule has 0 fully saturated rings. The molecule has 0 aliphatic carbocycles. The maximum absolute atomic E-state index is 3.65. The lowest BCUT2D eigenvalue weighted by Gasteiger charge is -2.16. The van der Waals surface area contributed by atoms with Crippen molar-refractivity contribution in [3.05, 3.63) is 20.3 Å². The normalized spacial score (nSPS) is 13.0. The standard InChI is InChI=1S/C13H22BrNS/c1-4-6-7-11(15-8-5-2)12-9-10(3)13(14)16-12/h9,11,15H,4-8H2,1-3H3. The highest BCUT2D eigenvalue weighted by molar-refractivity contribution is 9.11. The van der Waals surface area contributed by atoms with E-state index in [1.165, 1.54) is 39.9 Å². The fourth-order valence-electron chi connectivity index (χ4n) is 1.73. The maximum Gasteiger partial charge on any atom is 0.0731 e. The van der Waals surface area contributed by atoms with Crippen molar-refractivity contribution in [2.24, 2.45) is 0 Å². The summed E-state index contributed by atoms with van der Waals surface area (Å²) in [5, 5.41) is 3.65. The Bertz CT molecular complexity index is 281. The molecule has 0 bridgehead atoms. The number of aryl methyl sites for hydroxylation is 1. The van der Waals surface area contributed by atoms with Gasteiger partial charge in [0.2, 0.25) is 0 Å². The highest BCUT2D eigenvalue weighted by Gasteiger charge is 2.13. The van der Waals surface area contributed by atoms with Crippen LogP contribution in [0.1, 0.15) is 56.0 Å². The van der Waals surface area contributed by atoms with Gasteiger partial charge in [-0.25, -0.2) is 0 Å². The minimum Gasteiger partial charge on any atom is -0.309 e. The zero-order valence-corrected chi connectivity index (χ0v) is 12.9. The Hall–Kier alpha value is 0.140. The molecule has 0 saturated carbocycles. The van der Waals surface area contributed by atoms with E-state index in [1.807, 2.05) is 11.3 Å². The Kier molecular flexibility index (Phi) is 6.62. The van der Waals surface area contributed by atoms with Gasteiger partial charge in [-0.1, -0.05) is 26.7 Å². The summed E-state index contributed by atoms with van der Waals surface area (Å²) < 4.78 is 1.28. The van der Waals surface area contributed by atoms with Crippen molar-refractivity contribution in [1.82, 2.24) is 5.32 Å². The second-order valence-corrected chi connectivity index (χ2v) is 6.66. The van der Waals surface area contributed by atoms with E-state index in [0.717, 1.165) is 6.54 Å². The molecule has 0 aliphatic heterocycles. The predicted octanol–water partition coefficient (Wildman–Crippen LogP) is 5.05. The maximum atomic E-state index is 3.65. The molecule has 1 nitrogen and oxygen atoms in total. The average Bonchev–Trinajstić information content (AvgIpc) is 2.59. The van der Waals surface area contributed by atoms with Crippen LogP contribution in [0.4, 0.5) is 0 Å². The van der Waals surface area contributed by atoms with Crippen molar-refractivity contribution in [3.63, 3.8) is 0 Å². The number of hydrogen-bond acceptors (Lipinski definition) is 2. The Balaban J connectivity index is 2.66. The molecule has 1 rings (SSSR count). The number of thiophene rings is 1. The van der Waals surface area contributed by atoms with Gasteiger partial charge in [-0.3, -0.25) is 0 Å². The lowest BCUT2D eigenvalue weighted by molar-refractivity contribution is 0.487. The molecule has 1 heterocycles. The van der Waals surface area contributed by atoms with Crippen molar-refractivity contribution in [2.45, 2.75) is 52.5 Å². The molecule has 1 unspecified atom stereocenters. The monoisotopic (exact) mass is 303 g/mol. The predicted molar refractivity (Wildman–Crippen MR) is 77.3 cm³/mol. The number of nitrogens with one attached hydrogen (secondary N) is 1. The third-order valence-electron chi connectivity index (χ3n) is 2.71. The van der Waals surface area contributed by atoms with Crippen LogP contribution in [-0.2, 0) is 0 Å². The highest BCUT2D eigenvalue weighted by Crippen LogP contribution is 2.33. The van der Waals surface area contributed by atoms with E-state index >= 15 is 0 Å². The molecule has 0 aliphatic rings. The summed E-state index contributed by atoms with van der Waals surface area (Å²) in [6.45, 7) is 7.76. The number of rotatable bonds is 7. The van der Waals surface area contributed by atoms with E-state index in [9.17, 15) is 0 Å². The molecule has 1 N–H and O–H groups in total. The van der Waals surface area contributed by atoms with Gasteiger partial charge in [-0.2, -0.15) is 0 Å². The van der Waals surface area contributed by atoms with Gasteiger partial charge in [-0.15, -0.1) is 11.3 Å². The largest absolute Gasteiger partial charge is 0.309 e. The number of hydrogen-bond donors (Lipinski definition) is 1. The second-order valence-electron chi connectivity index (χ2n) is 4.25. The van der Waals surface area contributed by atoms with Crippen molar-refractivity contribution in [2.75, 3.05) is 6.54 Å². The molecule has 0 radical (unpaired) electrons. The Labute approximate surface area is 112 Å². The van der Waals surface area contributed by atoms with Gasteiger partial charge in [0.15, 0.2) is 0 Å². The summed E-state index contributed by atoms with van der Waals surface area (Å²) in [6.07, 6.45) is 5.03. The van der Waals surface area contributed by atoms with Crippen molar-refractivity contribution >= 4 is 27.3 Å². The van der Waals surface area contributed by atoms with Crippen LogP contribution in [0.5, 0.6) is 0 Å². The Morgan fingerprint density at radius 2 is 2.12 bits per heavy atom. The SMILES string of the molecule is CCCCC(NCCC)c1cc(C)c(Br)s1. The van der Waals surface area contributed by atoms with Crippen LogP contribution in [0.25, 0.3) is 0 Å². The lowest BCUT2D eigenvalue weighted by atomic mass is 10.1. The number of unbranched alkanes of at least 4 members (excludes halogenated alkanes) is 1. The van der Waals surface area contributed by atoms with Crippen LogP contribution < -0.4 is 5.32 Å². The van der Waals surface area contributed by atoms with Crippen LogP contribution in [0.15, 0.2) is 9.85 Å². The van der Waals surface area contributed by atoms with Gasteiger partial charge < -0.3 is 5.32 Å². The van der Waals surface area contributed by atoms with Gasteiger partial charge in [0, 0.05) is 10.9 Å². The quantitative estimate of drug-likeness (QED) is 0.743. The van der Waals surface area contributed by atoms with Crippen LogP contribution in [0, 0.1) is 6.92 Å². The molecule has 92 valence electrons. The first kappa shape index (κ1) is 14.2. The molecule has 1 aromatic heterocycles. The van der Waals surface area contributed by atoms with Crippen LogP contribution in [0.2, 0.25) is 0 Å². The Morgan fingerprint density at radius 3 is 2.62 bits per heavy atom. The molecule has 1 aromatic rings. The van der Waals surface area contributed by atoms with Crippen molar-refractivity contribution in [1.29, 1.82) is 0 Å². The molecule has 3 heteroatoms. The first-order chi connectivity index (χ1) is 7.69. The summed E-state index contributed by atoms with van der Waals surface area (Å²) in [6, 6.07) is 2.87. The summed E-state index contributed by atoms with van der Waals surface area (Å²) in [5.74, 6) is 0. The van der Waals surface area contributed by atoms with E-state index < -0.39 is 0 Å². The molecule has 0 saturated heterocycles. The second kappa shape index (κ2) is 7.46. The topological polar surface area (TPSA) is 12.0 Å². The summed E-state index contributed by atoms with van der Waals surface area (Å²) in [7, 11) is 0. The van der Waals surface area contributed by atoms with E-state index in [-0.39, 0.29) is 0 Å². The lowest BCUT2D eigenvalue weighted by Crippen LogP contribution is -2.21. The van der Waals surface area contributed by atoms with Gasteiger partial charge in [0.05, 0.1) is 3.79 Å². The molecular formula is C13H22BrNS. The molecule has 0 amide bonds. The molecule has 1 atom stereocenters. The zero-order chi connectivity index (χ0) is 12.0. The van der Waals surface area contributed by atoms with E-state index in [2.05, 4.69) is 48.1 Å². The van der Waals surface area contributed by atoms with E-state index in [1.54, 1.807) is 0 Å². The summed E-state index contributed by atoms with van der Waals surface area (Å²) in [5.41, 5.74) is 1.36. The van der Waals surface area contributed by atoms with Gasteiger partial charge in [-0.05, 0) is 53.9 Å². The van der Waals surface area contributed by atoms with Crippen LogP contribution in [0.3, 0.4) is 0 Å². The molecular weight excluding hydrogens is 282 g/mol. The molecule has 0 spiro atoms. The minimum absolute atomic E-state index is 0.551. The van der Waals surface area contributed by atoms with Crippen molar-refractivity contribution < 1.29 is 0 Å². The third-order valence-corrected chi connectivity index (χ3v) is 4.96. The van der Waals surface area contributed by atoms with Gasteiger partial charge in [0.1, 0.15) is 0 Å². The minimum atomic E-state index is 0.551. The van der Waals surface area contributed by atoms with Gasteiger partial charge >= 0.3 is 0 Å². The van der Waals surface area contributed by atoms with E-state index in [0.29, 0.717) is 6.04 Å². The first-order valence-corrected chi connectivity index (χ1v) is 7.79. The summed E-state index contributed by atoms with van der Waals surface area (Å²) in [4.78, 5) is 1.48. The molecule has 0 aromatic carbocycles. The highest BCUT2D eigenvalue weighted by atomic mass is 79.9. The Morgan fingerprint density at radius 1 is 1.38 bits per heavy atom. The first-order valence-electron chi connectivity index (χ1n) is 6.18.